The van der Waals surface area contributed by atoms with Crippen LogP contribution in [0.1, 0.15) is 51.5 Å². The van der Waals surface area contributed by atoms with E-state index in [0.29, 0.717) is 22.3 Å². The van der Waals surface area contributed by atoms with Gasteiger partial charge in [0.1, 0.15) is 0 Å². The molecule has 2 rings (SSSR count). The number of hydrogen-bond donors (Lipinski definition) is 0. The first kappa shape index (κ1) is 19.0. The first-order valence-electron chi connectivity index (χ1n) is 8.51. The monoisotopic (exact) mass is 364 g/mol. The number of halogens is 1. The molecule has 0 aliphatic heterocycles. The maximum absolute atomic E-state index is 12.5. The first-order chi connectivity index (χ1) is 11.4. The molecule has 0 fully saturated rings. The SMILES string of the molecule is CCCCS(=O)(=O)c1cccc(-c2cc(Cl)ccc2C(C)CC)c1. The van der Waals surface area contributed by atoms with Crippen molar-refractivity contribution < 1.29 is 8.42 Å². The summed E-state index contributed by atoms with van der Waals surface area (Å²) >= 11 is 6.19. The second kappa shape index (κ2) is 8.17. The normalized spacial score (nSPS) is 13.0. The van der Waals surface area contributed by atoms with Gasteiger partial charge in [-0.05, 0) is 59.7 Å². The Labute approximate surface area is 150 Å². The van der Waals surface area contributed by atoms with Crippen LogP contribution in [-0.2, 0) is 9.84 Å². The second-order valence-corrected chi connectivity index (χ2v) is 8.79. The highest BCUT2D eigenvalue weighted by atomic mass is 35.5. The minimum Gasteiger partial charge on any atom is -0.224 e. The molecule has 0 aliphatic carbocycles. The van der Waals surface area contributed by atoms with Gasteiger partial charge in [0, 0.05) is 5.02 Å². The van der Waals surface area contributed by atoms with Gasteiger partial charge in [-0.1, -0.05) is 57.0 Å². The van der Waals surface area contributed by atoms with Crippen LogP contribution in [0.25, 0.3) is 11.1 Å². The highest BCUT2D eigenvalue weighted by Crippen LogP contribution is 2.34. The molecule has 0 saturated heterocycles. The molecule has 2 aromatic rings. The molecular formula is C20H25ClO2S. The maximum atomic E-state index is 12.5. The molecular weight excluding hydrogens is 340 g/mol. The summed E-state index contributed by atoms with van der Waals surface area (Å²) in [6.07, 6.45) is 2.57. The fourth-order valence-corrected chi connectivity index (χ4v) is 4.41. The van der Waals surface area contributed by atoms with Crippen molar-refractivity contribution >= 4 is 21.4 Å². The molecule has 0 saturated carbocycles. The van der Waals surface area contributed by atoms with Crippen LogP contribution >= 0.6 is 11.6 Å². The summed E-state index contributed by atoms with van der Waals surface area (Å²) in [5.41, 5.74) is 3.12. The van der Waals surface area contributed by atoms with E-state index in [1.165, 1.54) is 5.56 Å². The largest absolute Gasteiger partial charge is 0.224 e. The van der Waals surface area contributed by atoms with Gasteiger partial charge in [0.25, 0.3) is 0 Å². The number of rotatable bonds is 7. The zero-order valence-corrected chi connectivity index (χ0v) is 16.1. The molecule has 0 heterocycles. The van der Waals surface area contributed by atoms with Crippen LogP contribution in [0.5, 0.6) is 0 Å². The van der Waals surface area contributed by atoms with Crippen molar-refractivity contribution in [3.05, 3.63) is 53.1 Å². The summed E-state index contributed by atoms with van der Waals surface area (Å²) in [7, 11) is -3.23. The molecule has 130 valence electrons. The minimum atomic E-state index is -3.23. The molecule has 0 radical (unpaired) electrons. The van der Waals surface area contributed by atoms with Crippen LogP contribution in [-0.4, -0.2) is 14.2 Å². The van der Waals surface area contributed by atoms with Gasteiger partial charge in [0.2, 0.25) is 0 Å². The third kappa shape index (κ3) is 4.40. The van der Waals surface area contributed by atoms with Gasteiger partial charge in [-0.2, -0.15) is 0 Å². The number of hydrogen-bond acceptors (Lipinski definition) is 2. The Morgan fingerprint density at radius 1 is 1.08 bits per heavy atom. The summed E-state index contributed by atoms with van der Waals surface area (Å²) in [6.45, 7) is 6.32. The van der Waals surface area contributed by atoms with E-state index >= 15 is 0 Å². The predicted molar refractivity (Wildman–Crippen MR) is 103 cm³/mol. The maximum Gasteiger partial charge on any atom is 0.178 e. The van der Waals surface area contributed by atoms with Crippen LogP contribution in [0.2, 0.25) is 5.02 Å². The molecule has 24 heavy (non-hydrogen) atoms. The molecule has 0 bridgehead atoms. The van der Waals surface area contributed by atoms with Crippen molar-refractivity contribution in [2.24, 2.45) is 0 Å². The van der Waals surface area contributed by atoms with Gasteiger partial charge >= 0.3 is 0 Å². The summed E-state index contributed by atoms with van der Waals surface area (Å²) in [5.74, 6) is 0.582. The Balaban J connectivity index is 2.51. The average Bonchev–Trinajstić information content (AvgIpc) is 2.59. The Morgan fingerprint density at radius 3 is 2.50 bits per heavy atom. The van der Waals surface area contributed by atoms with Crippen LogP contribution in [0.15, 0.2) is 47.4 Å². The number of sulfone groups is 1. The lowest BCUT2D eigenvalue weighted by molar-refractivity contribution is 0.592. The van der Waals surface area contributed by atoms with E-state index < -0.39 is 9.84 Å². The van der Waals surface area contributed by atoms with E-state index in [0.717, 1.165) is 24.0 Å². The van der Waals surface area contributed by atoms with Crippen molar-refractivity contribution in [1.82, 2.24) is 0 Å². The summed E-state index contributed by atoms with van der Waals surface area (Å²) in [6, 6.07) is 13.1. The smallest absolute Gasteiger partial charge is 0.178 e. The molecule has 1 unspecified atom stereocenters. The zero-order valence-electron chi connectivity index (χ0n) is 14.5. The highest BCUT2D eigenvalue weighted by molar-refractivity contribution is 7.91. The van der Waals surface area contributed by atoms with E-state index in [-0.39, 0.29) is 5.75 Å². The van der Waals surface area contributed by atoms with E-state index in [1.807, 2.05) is 37.3 Å². The second-order valence-electron chi connectivity index (χ2n) is 6.24. The Kier molecular flexibility index (Phi) is 6.47. The van der Waals surface area contributed by atoms with Crippen LogP contribution < -0.4 is 0 Å². The molecule has 0 amide bonds. The van der Waals surface area contributed by atoms with Crippen molar-refractivity contribution in [2.45, 2.75) is 50.8 Å². The fourth-order valence-electron chi connectivity index (χ4n) is 2.74. The predicted octanol–water partition coefficient (Wildman–Crippen LogP) is 6.09. The lowest BCUT2D eigenvalue weighted by Gasteiger charge is -2.16. The van der Waals surface area contributed by atoms with Gasteiger partial charge in [-0.25, -0.2) is 8.42 Å². The third-order valence-corrected chi connectivity index (χ3v) is 6.46. The third-order valence-electron chi connectivity index (χ3n) is 4.43. The molecule has 2 nitrogen and oxygen atoms in total. The van der Waals surface area contributed by atoms with E-state index in [1.54, 1.807) is 12.1 Å². The topological polar surface area (TPSA) is 34.1 Å². The van der Waals surface area contributed by atoms with E-state index in [9.17, 15) is 8.42 Å². The van der Waals surface area contributed by atoms with Gasteiger partial charge in [-0.3, -0.25) is 0 Å². The van der Waals surface area contributed by atoms with Crippen molar-refractivity contribution in [2.75, 3.05) is 5.75 Å². The molecule has 1 atom stereocenters. The molecule has 0 aromatic heterocycles. The van der Waals surface area contributed by atoms with Crippen molar-refractivity contribution in [1.29, 1.82) is 0 Å². The van der Waals surface area contributed by atoms with Crippen LogP contribution in [0, 0.1) is 0 Å². The van der Waals surface area contributed by atoms with Gasteiger partial charge in [0.05, 0.1) is 10.6 Å². The Bertz CT molecular complexity index is 797. The Morgan fingerprint density at radius 2 is 1.83 bits per heavy atom. The quantitative estimate of drug-likeness (QED) is 0.595. The summed E-state index contributed by atoms with van der Waals surface area (Å²) in [5, 5.41) is 0.663. The van der Waals surface area contributed by atoms with E-state index in [4.69, 9.17) is 11.6 Å². The molecule has 2 aromatic carbocycles. The first-order valence-corrected chi connectivity index (χ1v) is 10.5. The molecule has 0 N–H and O–H groups in total. The fraction of sp³-hybridized carbons (Fsp3) is 0.400. The van der Waals surface area contributed by atoms with Crippen LogP contribution in [0.4, 0.5) is 0 Å². The lowest BCUT2D eigenvalue weighted by atomic mass is 9.90. The summed E-state index contributed by atoms with van der Waals surface area (Å²) < 4.78 is 25.0. The van der Waals surface area contributed by atoms with Crippen LogP contribution in [0.3, 0.4) is 0 Å². The molecule has 4 heteroatoms. The molecule has 0 spiro atoms. The summed E-state index contributed by atoms with van der Waals surface area (Å²) in [4.78, 5) is 0.392. The number of benzene rings is 2. The lowest BCUT2D eigenvalue weighted by Crippen LogP contribution is -2.06. The molecule has 0 aliphatic rings. The van der Waals surface area contributed by atoms with E-state index in [2.05, 4.69) is 13.8 Å². The minimum absolute atomic E-state index is 0.195. The standard InChI is InChI=1S/C20H25ClO2S/c1-4-6-12-24(22,23)18-9-7-8-16(13-18)20-14-17(21)10-11-19(20)15(3)5-2/h7-11,13-15H,4-6,12H2,1-3H3. The number of unbranched alkanes of at least 4 members (excludes halogenated alkanes) is 1. The highest BCUT2D eigenvalue weighted by Gasteiger charge is 2.16. The van der Waals surface area contributed by atoms with Gasteiger partial charge in [0.15, 0.2) is 9.84 Å². The van der Waals surface area contributed by atoms with Crippen molar-refractivity contribution in [3.63, 3.8) is 0 Å². The zero-order chi connectivity index (χ0) is 17.7. The van der Waals surface area contributed by atoms with Crippen molar-refractivity contribution in [3.8, 4) is 11.1 Å². The van der Waals surface area contributed by atoms with Gasteiger partial charge in [-0.15, -0.1) is 0 Å². The van der Waals surface area contributed by atoms with Gasteiger partial charge < -0.3 is 0 Å². The average molecular weight is 365 g/mol. The Hall–Kier alpha value is -1.32.